The van der Waals surface area contributed by atoms with Crippen molar-refractivity contribution in [1.82, 2.24) is 5.32 Å². The first-order valence-electron chi connectivity index (χ1n) is 7.13. The molecule has 0 aromatic heterocycles. The van der Waals surface area contributed by atoms with E-state index < -0.39 is 23.9 Å². The Hall–Kier alpha value is -2.08. The molecule has 1 atom stereocenters. The van der Waals surface area contributed by atoms with Gasteiger partial charge in [-0.05, 0) is 26.3 Å². The molecule has 0 aliphatic rings. The molecule has 0 radical (unpaired) electrons. The lowest BCUT2D eigenvalue weighted by molar-refractivity contribution is -0.155. The van der Waals surface area contributed by atoms with Crippen LogP contribution in [0.15, 0.2) is 30.3 Å². The predicted molar refractivity (Wildman–Crippen MR) is 80.8 cm³/mol. The number of nitrogens with one attached hydrogen (secondary N) is 1. The molecule has 0 saturated heterocycles. The van der Waals surface area contributed by atoms with Gasteiger partial charge in [-0.2, -0.15) is 0 Å². The maximum absolute atomic E-state index is 11.5. The number of aliphatic hydroxyl groups excluding tert-OH is 1. The van der Waals surface area contributed by atoms with E-state index in [0.717, 1.165) is 5.56 Å². The summed E-state index contributed by atoms with van der Waals surface area (Å²) in [5.74, 6) is -0.425. The summed E-state index contributed by atoms with van der Waals surface area (Å²) in [7, 11) is 0. The van der Waals surface area contributed by atoms with Crippen molar-refractivity contribution >= 4 is 12.1 Å². The number of rotatable bonds is 6. The smallest absolute Gasteiger partial charge is 0.409 e. The van der Waals surface area contributed by atoms with Crippen LogP contribution >= 0.6 is 0 Å². The van der Waals surface area contributed by atoms with Crippen LogP contribution in [-0.2, 0) is 20.9 Å². The highest BCUT2D eigenvalue weighted by atomic mass is 16.6. The van der Waals surface area contributed by atoms with E-state index in [1.54, 1.807) is 20.8 Å². The van der Waals surface area contributed by atoms with Gasteiger partial charge < -0.3 is 14.6 Å². The predicted octanol–water partition coefficient (Wildman–Crippen LogP) is 2.35. The van der Waals surface area contributed by atoms with Crippen LogP contribution in [0, 0.1) is 0 Å². The Kier molecular flexibility index (Phi) is 6.85. The molecule has 0 fully saturated rings. The zero-order valence-corrected chi connectivity index (χ0v) is 13.2. The van der Waals surface area contributed by atoms with E-state index in [0.29, 0.717) is 0 Å². The third kappa shape index (κ3) is 8.26. The van der Waals surface area contributed by atoms with Crippen LogP contribution in [-0.4, -0.2) is 29.0 Å². The molecule has 0 unspecified atom stereocenters. The Morgan fingerprint density at radius 2 is 1.86 bits per heavy atom. The SMILES string of the molecule is CC(C)(C)OC(=O)CC[C@H](O)NC(=O)OCc1ccccc1. The summed E-state index contributed by atoms with van der Waals surface area (Å²) in [5.41, 5.74) is 0.283. The normalized spacial score (nSPS) is 12.4. The average Bonchev–Trinajstić information content (AvgIpc) is 2.42. The highest BCUT2D eigenvalue weighted by molar-refractivity contribution is 5.70. The number of aliphatic hydroxyl groups is 1. The van der Waals surface area contributed by atoms with Gasteiger partial charge in [0.15, 0.2) is 0 Å². The van der Waals surface area contributed by atoms with Crippen molar-refractivity contribution in [3.05, 3.63) is 35.9 Å². The lowest BCUT2D eigenvalue weighted by Gasteiger charge is -2.20. The van der Waals surface area contributed by atoms with Gasteiger partial charge in [-0.1, -0.05) is 30.3 Å². The van der Waals surface area contributed by atoms with Crippen molar-refractivity contribution in [2.75, 3.05) is 0 Å². The minimum Gasteiger partial charge on any atom is -0.460 e. The number of amides is 1. The molecule has 1 aromatic carbocycles. The molecule has 0 aliphatic heterocycles. The minimum atomic E-state index is -1.16. The lowest BCUT2D eigenvalue weighted by atomic mass is 10.2. The second-order valence-corrected chi connectivity index (χ2v) is 5.85. The largest absolute Gasteiger partial charge is 0.460 e. The van der Waals surface area contributed by atoms with Gasteiger partial charge in [0, 0.05) is 12.8 Å². The summed E-state index contributed by atoms with van der Waals surface area (Å²) >= 11 is 0. The number of hydrogen-bond donors (Lipinski definition) is 2. The molecule has 0 heterocycles. The molecule has 6 heteroatoms. The topological polar surface area (TPSA) is 84.9 Å². The van der Waals surface area contributed by atoms with Crippen molar-refractivity contribution in [2.24, 2.45) is 0 Å². The van der Waals surface area contributed by atoms with E-state index in [4.69, 9.17) is 9.47 Å². The second kappa shape index (κ2) is 8.38. The Balaban J connectivity index is 2.22. The number of esters is 1. The van der Waals surface area contributed by atoms with Crippen molar-refractivity contribution in [2.45, 2.75) is 52.0 Å². The first kappa shape index (κ1) is 18.0. The van der Waals surface area contributed by atoms with Crippen LogP contribution in [0.5, 0.6) is 0 Å². The van der Waals surface area contributed by atoms with Crippen molar-refractivity contribution in [3.63, 3.8) is 0 Å². The van der Waals surface area contributed by atoms with E-state index in [9.17, 15) is 14.7 Å². The Labute approximate surface area is 130 Å². The van der Waals surface area contributed by atoms with Gasteiger partial charge in [-0.15, -0.1) is 0 Å². The first-order chi connectivity index (χ1) is 10.3. The number of carbonyl (C=O) groups is 2. The van der Waals surface area contributed by atoms with Crippen molar-refractivity contribution < 1.29 is 24.2 Å². The van der Waals surface area contributed by atoms with Crippen LogP contribution in [0.4, 0.5) is 4.79 Å². The number of ether oxygens (including phenoxy) is 2. The van der Waals surface area contributed by atoms with Crippen LogP contribution in [0.3, 0.4) is 0 Å². The van der Waals surface area contributed by atoms with Gasteiger partial charge in [-0.3, -0.25) is 10.1 Å². The molecule has 0 spiro atoms. The lowest BCUT2D eigenvalue weighted by Crippen LogP contribution is -2.35. The average molecular weight is 309 g/mol. The molecular formula is C16H23NO5. The molecule has 2 N–H and O–H groups in total. The fourth-order valence-electron chi connectivity index (χ4n) is 1.62. The van der Waals surface area contributed by atoms with Crippen molar-refractivity contribution in [1.29, 1.82) is 0 Å². The maximum Gasteiger partial charge on any atom is 0.409 e. The quantitative estimate of drug-likeness (QED) is 0.622. The van der Waals surface area contributed by atoms with E-state index in [1.165, 1.54) is 0 Å². The van der Waals surface area contributed by atoms with Crippen LogP contribution in [0.1, 0.15) is 39.2 Å². The van der Waals surface area contributed by atoms with E-state index in [1.807, 2.05) is 30.3 Å². The summed E-state index contributed by atoms with van der Waals surface area (Å²) in [6.45, 7) is 5.41. The highest BCUT2D eigenvalue weighted by Gasteiger charge is 2.18. The highest BCUT2D eigenvalue weighted by Crippen LogP contribution is 2.09. The maximum atomic E-state index is 11.5. The Bertz CT molecular complexity index is 481. The molecule has 0 aliphatic carbocycles. The third-order valence-electron chi connectivity index (χ3n) is 2.54. The molecule has 22 heavy (non-hydrogen) atoms. The second-order valence-electron chi connectivity index (χ2n) is 5.85. The van der Waals surface area contributed by atoms with Crippen molar-refractivity contribution in [3.8, 4) is 0 Å². The fraction of sp³-hybridized carbons (Fsp3) is 0.500. The van der Waals surface area contributed by atoms with Gasteiger partial charge in [0.2, 0.25) is 0 Å². The van der Waals surface area contributed by atoms with Gasteiger partial charge >= 0.3 is 12.1 Å². The van der Waals surface area contributed by atoms with E-state index >= 15 is 0 Å². The van der Waals surface area contributed by atoms with Gasteiger partial charge in [-0.25, -0.2) is 4.79 Å². The molecular weight excluding hydrogens is 286 g/mol. The van der Waals surface area contributed by atoms with E-state index in [-0.39, 0.29) is 19.4 Å². The van der Waals surface area contributed by atoms with Gasteiger partial charge in [0.05, 0.1) is 0 Å². The van der Waals surface area contributed by atoms with Gasteiger partial charge in [0.25, 0.3) is 0 Å². The molecule has 1 amide bonds. The standard InChI is InChI=1S/C16H23NO5/c1-16(2,3)22-14(19)10-9-13(18)17-15(20)21-11-12-7-5-4-6-8-12/h4-8,13,18H,9-11H2,1-3H3,(H,17,20)/t13-/m0/s1. The summed E-state index contributed by atoms with van der Waals surface area (Å²) < 4.78 is 10.1. The molecule has 1 aromatic rings. The fourth-order valence-corrected chi connectivity index (χ4v) is 1.62. The summed E-state index contributed by atoms with van der Waals surface area (Å²) in [5, 5.41) is 11.9. The van der Waals surface area contributed by atoms with Crippen LogP contribution in [0.25, 0.3) is 0 Å². The van der Waals surface area contributed by atoms with Crippen LogP contribution in [0.2, 0.25) is 0 Å². The Morgan fingerprint density at radius 3 is 2.45 bits per heavy atom. The summed E-state index contributed by atoms with van der Waals surface area (Å²) in [6, 6.07) is 9.20. The monoisotopic (exact) mass is 309 g/mol. The van der Waals surface area contributed by atoms with Crippen LogP contribution < -0.4 is 5.32 Å². The number of carbonyl (C=O) groups excluding carboxylic acids is 2. The Morgan fingerprint density at radius 1 is 1.23 bits per heavy atom. The minimum absolute atomic E-state index is 0.0113. The van der Waals surface area contributed by atoms with E-state index in [2.05, 4.69) is 5.32 Å². The van der Waals surface area contributed by atoms with Gasteiger partial charge in [0.1, 0.15) is 18.4 Å². The first-order valence-corrected chi connectivity index (χ1v) is 7.13. The molecule has 0 saturated carbocycles. The molecule has 122 valence electrons. The molecule has 0 bridgehead atoms. The number of hydrogen-bond acceptors (Lipinski definition) is 5. The zero-order valence-electron chi connectivity index (χ0n) is 13.2. The summed E-state index contributed by atoms with van der Waals surface area (Å²) in [4.78, 5) is 23.0. The molecule has 1 rings (SSSR count). The number of benzene rings is 1. The molecule has 6 nitrogen and oxygen atoms in total. The zero-order chi connectivity index (χ0) is 16.6. The summed E-state index contributed by atoms with van der Waals surface area (Å²) in [6.07, 6.45) is -1.82. The number of alkyl carbamates (subject to hydrolysis) is 1. The third-order valence-corrected chi connectivity index (χ3v) is 2.54.